The highest BCUT2D eigenvalue weighted by molar-refractivity contribution is 6.31. The Morgan fingerprint density at radius 1 is 1.35 bits per heavy atom. The lowest BCUT2D eigenvalue weighted by molar-refractivity contribution is -0.0295. The molecule has 0 saturated heterocycles. The van der Waals surface area contributed by atoms with E-state index in [1.807, 2.05) is 5.48 Å². The van der Waals surface area contributed by atoms with Crippen molar-refractivity contribution in [1.82, 2.24) is 15.7 Å². The molecule has 1 amide bonds. The lowest BCUT2D eigenvalue weighted by Crippen LogP contribution is -2.30. The highest BCUT2D eigenvalue weighted by Crippen LogP contribution is 2.30. The van der Waals surface area contributed by atoms with Crippen molar-refractivity contribution in [3.05, 3.63) is 46.1 Å². The Hall–Kier alpha value is -2.40. The molecule has 1 heterocycles. The maximum atomic E-state index is 14.3. The van der Waals surface area contributed by atoms with Crippen LogP contribution in [0.2, 0.25) is 5.02 Å². The van der Waals surface area contributed by atoms with Crippen molar-refractivity contribution >= 4 is 29.0 Å². The molecule has 0 unspecified atom stereocenters. The molecule has 26 heavy (non-hydrogen) atoms. The Balaban J connectivity index is 2.29. The van der Waals surface area contributed by atoms with E-state index in [2.05, 4.69) is 15.5 Å². The first-order valence-corrected chi connectivity index (χ1v) is 7.67. The number of aliphatic hydroxyl groups is 2. The lowest BCUT2D eigenvalue weighted by Gasteiger charge is -2.14. The van der Waals surface area contributed by atoms with Crippen molar-refractivity contribution < 1.29 is 28.6 Å². The van der Waals surface area contributed by atoms with E-state index in [-0.39, 0.29) is 11.4 Å². The van der Waals surface area contributed by atoms with Crippen LogP contribution in [0, 0.1) is 18.6 Å². The Morgan fingerprint density at radius 2 is 2.08 bits per heavy atom. The van der Waals surface area contributed by atoms with E-state index in [1.54, 1.807) is 13.0 Å². The number of aliphatic hydroxyl groups excluding tert-OH is 2. The molecule has 0 fully saturated rings. The summed E-state index contributed by atoms with van der Waals surface area (Å²) in [5.41, 5.74) is 1.66. The van der Waals surface area contributed by atoms with Crippen molar-refractivity contribution in [3.8, 4) is 0 Å². The maximum Gasteiger partial charge on any atom is 0.277 e. The molecule has 1 aromatic carbocycles. The summed E-state index contributed by atoms with van der Waals surface area (Å²) in [5.74, 6) is -3.62. The van der Waals surface area contributed by atoms with E-state index in [4.69, 9.17) is 26.7 Å². The third kappa shape index (κ3) is 4.82. The third-order valence-electron chi connectivity index (χ3n) is 3.11. The summed E-state index contributed by atoms with van der Waals surface area (Å²) in [6.07, 6.45) is -1.22. The van der Waals surface area contributed by atoms with Crippen LogP contribution in [0.15, 0.2) is 18.2 Å². The number of hydrogen-bond donors (Lipinski definition) is 4. The number of carbonyl (C=O) groups is 1. The molecule has 140 valence electrons. The van der Waals surface area contributed by atoms with Gasteiger partial charge in [0.15, 0.2) is 17.5 Å². The predicted octanol–water partition coefficient (Wildman–Crippen LogP) is 1.47. The number of nitrogens with zero attached hydrogens (tertiary/aromatic N) is 2. The van der Waals surface area contributed by atoms with Crippen LogP contribution in [0.1, 0.15) is 16.1 Å². The first-order valence-electron chi connectivity index (χ1n) is 7.29. The number of nitrogens with one attached hydrogen (secondary N) is 2. The smallest absolute Gasteiger partial charge is 0.277 e. The van der Waals surface area contributed by atoms with Crippen LogP contribution in [0.4, 0.5) is 20.3 Å². The van der Waals surface area contributed by atoms with Gasteiger partial charge in [-0.15, -0.1) is 5.10 Å². The van der Waals surface area contributed by atoms with Gasteiger partial charge in [-0.2, -0.15) is 5.10 Å². The van der Waals surface area contributed by atoms with E-state index < -0.39 is 47.6 Å². The van der Waals surface area contributed by atoms with Gasteiger partial charge < -0.3 is 15.5 Å². The molecule has 0 bridgehead atoms. The standard InChI is InChI=1S/C15H15ClF2N4O4/c1-7-2-3-11(21-20-7)19-14-9(4-10(16)12(17)13(14)18)15(25)22-26-6-8(24)5-23/h2-4,8,23-24H,5-6H2,1H3,(H,19,21)(H,22,25)/t8-/m1/s1. The molecule has 0 aliphatic heterocycles. The van der Waals surface area contributed by atoms with Crippen molar-refractivity contribution in [3.63, 3.8) is 0 Å². The largest absolute Gasteiger partial charge is 0.394 e. The van der Waals surface area contributed by atoms with Crippen molar-refractivity contribution in [2.24, 2.45) is 0 Å². The number of hydroxylamine groups is 1. The fourth-order valence-electron chi connectivity index (χ4n) is 1.80. The number of rotatable bonds is 7. The summed E-state index contributed by atoms with van der Waals surface area (Å²) in [4.78, 5) is 16.9. The second kappa shape index (κ2) is 8.81. The van der Waals surface area contributed by atoms with Crippen LogP contribution in [0.5, 0.6) is 0 Å². The lowest BCUT2D eigenvalue weighted by atomic mass is 10.1. The second-order valence-electron chi connectivity index (χ2n) is 5.17. The number of hydrogen-bond acceptors (Lipinski definition) is 7. The average molecular weight is 389 g/mol. The molecule has 1 atom stereocenters. The minimum Gasteiger partial charge on any atom is -0.394 e. The van der Waals surface area contributed by atoms with Gasteiger partial charge in [-0.1, -0.05) is 11.6 Å². The molecule has 0 radical (unpaired) electrons. The maximum absolute atomic E-state index is 14.3. The van der Waals surface area contributed by atoms with Gasteiger partial charge >= 0.3 is 0 Å². The molecule has 2 aromatic rings. The Labute approximate surface area is 151 Å². The first kappa shape index (κ1) is 19.9. The summed E-state index contributed by atoms with van der Waals surface area (Å²) >= 11 is 5.60. The molecule has 1 aromatic heterocycles. The molecular formula is C15H15ClF2N4O4. The van der Waals surface area contributed by atoms with Gasteiger partial charge in [-0.3, -0.25) is 9.63 Å². The Morgan fingerprint density at radius 3 is 2.69 bits per heavy atom. The van der Waals surface area contributed by atoms with Gasteiger partial charge in [-0.25, -0.2) is 14.3 Å². The Bertz CT molecular complexity index is 792. The number of anilines is 2. The molecule has 8 nitrogen and oxygen atoms in total. The number of amides is 1. The zero-order valence-electron chi connectivity index (χ0n) is 13.5. The van der Waals surface area contributed by atoms with Crippen LogP contribution < -0.4 is 10.8 Å². The molecule has 2 rings (SSSR count). The van der Waals surface area contributed by atoms with Gasteiger partial charge in [0.05, 0.1) is 28.6 Å². The number of aromatic nitrogens is 2. The van der Waals surface area contributed by atoms with Crippen molar-refractivity contribution in [1.29, 1.82) is 0 Å². The zero-order chi connectivity index (χ0) is 19.3. The summed E-state index contributed by atoms with van der Waals surface area (Å²) in [6, 6.07) is 3.95. The topological polar surface area (TPSA) is 117 Å². The summed E-state index contributed by atoms with van der Waals surface area (Å²) < 4.78 is 28.1. The summed E-state index contributed by atoms with van der Waals surface area (Å²) in [6.45, 7) is 0.702. The summed E-state index contributed by atoms with van der Waals surface area (Å²) in [7, 11) is 0. The van der Waals surface area contributed by atoms with E-state index in [0.29, 0.717) is 5.69 Å². The molecule has 0 aliphatic carbocycles. The normalized spacial score (nSPS) is 11.9. The second-order valence-corrected chi connectivity index (χ2v) is 5.58. The molecular weight excluding hydrogens is 374 g/mol. The van der Waals surface area contributed by atoms with Crippen LogP contribution >= 0.6 is 11.6 Å². The van der Waals surface area contributed by atoms with Crippen LogP contribution in [0.3, 0.4) is 0 Å². The zero-order valence-corrected chi connectivity index (χ0v) is 14.2. The third-order valence-corrected chi connectivity index (χ3v) is 3.38. The summed E-state index contributed by atoms with van der Waals surface area (Å²) in [5, 5.41) is 27.2. The number of benzene rings is 1. The Kier molecular flexibility index (Phi) is 6.75. The van der Waals surface area contributed by atoms with E-state index in [1.165, 1.54) is 6.07 Å². The fraction of sp³-hybridized carbons (Fsp3) is 0.267. The number of aryl methyl sites for hydroxylation is 1. The monoisotopic (exact) mass is 388 g/mol. The van der Waals surface area contributed by atoms with Crippen LogP contribution in [0.25, 0.3) is 0 Å². The van der Waals surface area contributed by atoms with Gasteiger partial charge in [0.2, 0.25) is 0 Å². The minimum absolute atomic E-state index is 0.0712. The number of halogens is 3. The van der Waals surface area contributed by atoms with Gasteiger partial charge in [0.25, 0.3) is 5.91 Å². The van der Waals surface area contributed by atoms with E-state index in [9.17, 15) is 13.6 Å². The van der Waals surface area contributed by atoms with Crippen molar-refractivity contribution in [2.75, 3.05) is 18.5 Å². The van der Waals surface area contributed by atoms with Gasteiger partial charge in [0, 0.05) is 0 Å². The molecule has 11 heteroatoms. The quantitative estimate of drug-likeness (QED) is 0.419. The van der Waals surface area contributed by atoms with Gasteiger partial charge in [0.1, 0.15) is 12.7 Å². The SMILES string of the molecule is Cc1ccc(Nc2c(C(=O)NOC[C@H](O)CO)cc(Cl)c(F)c2F)nn1. The highest BCUT2D eigenvalue weighted by atomic mass is 35.5. The van der Waals surface area contributed by atoms with E-state index in [0.717, 1.165) is 6.07 Å². The number of carbonyl (C=O) groups excluding carboxylic acids is 1. The van der Waals surface area contributed by atoms with E-state index >= 15 is 0 Å². The first-order chi connectivity index (χ1) is 12.3. The minimum atomic E-state index is -1.39. The molecule has 0 saturated carbocycles. The van der Waals surface area contributed by atoms with Crippen molar-refractivity contribution in [2.45, 2.75) is 13.0 Å². The molecule has 0 aliphatic rings. The average Bonchev–Trinajstić information content (AvgIpc) is 2.63. The predicted molar refractivity (Wildman–Crippen MR) is 87.9 cm³/mol. The van der Waals surface area contributed by atoms with Gasteiger partial charge in [-0.05, 0) is 25.1 Å². The molecule has 0 spiro atoms. The highest BCUT2D eigenvalue weighted by Gasteiger charge is 2.23. The fourth-order valence-corrected chi connectivity index (χ4v) is 1.99. The van der Waals surface area contributed by atoms with Crippen LogP contribution in [-0.2, 0) is 4.84 Å². The molecule has 4 N–H and O–H groups in total. The van der Waals surface area contributed by atoms with Crippen LogP contribution in [-0.4, -0.2) is 45.6 Å².